The van der Waals surface area contributed by atoms with E-state index in [2.05, 4.69) is 0 Å². The molecular weight excluding hydrogens is 166 g/mol. The highest BCUT2D eigenvalue weighted by Crippen LogP contribution is 2.19. The summed E-state index contributed by atoms with van der Waals surface area (Å²) in [5.74, 6) is 0.789. The van der Waals surface area contributed by atoms with Gasteiger partial charge in [0.05, 0.1) is 19.3 Å². The molecule has 0 bridgehead atoms. The van der Waals surface area contributed by atoms with Crippen molar-refractivity contribution >= 4 is 0 Å². The van der Waals surface area contributed by atoms with Crippen molar-refractivity contribution < 1.29 is 9.84 Å². The quantitative estimate of drug-likeness (QED) is 0.727. The van der Waals surface area contributed by atoms with Crippen LogP contribution < -0.4 is 10.5 Å². The second-order valence-corrected chi connectivity index (χ2v) is 3.30. The Labute approximate surface area is 78.1 Å². The lowest BCUT2D eigenvalue weighted by Gasteiger charge is -2.22. The molecule has 0 heterocycles. The van der Waals surface area contributed by atoms with Crippen LogP contribution in [0.3, 0.4) is 0 Å². The lowest BCUT2D eigenvalue weighted by atomic mass is 9.94. The molecule has 0 amide bonds. The highest BCUT2D eigenvalue weighted by atomic mass is 16.5. The molecule has 1 aromatic carbocycles. The first-order valence-electron chi connectivity index (χ1n) is 4.14. The number of nitrogens with two attached hydrogens (primary N) is 1. The molecule has 0 unspecified atom stereocenters. The van der Waals surface area contributed by atoms with Gasteiger partial charge < -0.3 is 15.6 Å². The summed E-state index contributed by atoms with van der Waals surface area (Å²) in [4.78, 5) is 0. The van der Waals surface area contributed by atoms with Crippen LogP contribution in [0.25, 0.3) is 0 Å². The Morgan fingerprint density at radius 2 is 1.92 bits per heavy atom. The predicted octanol–water partition coefficient (Wildman–Crippen LogP) is 0.861. The fourth-order valence-electron chi connectivity index (χ4n) is 1.06. The Hall–Kier alpha value is -1.06. The van der Waals surface area contributed by atoms with Gasteiger partial charge in [0.1, 0.15) is 5.75 Å². The molecule has 13 heavy (non-hydrogen) atoms. The van der Waals surface area contributed by atoms with E-state index in [9.17, 15) is 0 Å². The molecule has 3 N–H and O–H groups in total. The van der Waals surface area contributed by atoms with Crippen molar-refractivity contribution in [3.63, 3.8) is 0 Å². The van der Waals surface area contributed by atoms with Gasteiger partial charge in [0.25, 0.3) is 0 Å². The summed E-state index contributed by atoms with van der Waals surface area (Å²) in [5.41, 5.74) is 6.06. The van der Waals surface area contributed by atoms with Gasteiger partial charge in [0.2, 0.25) is 0 Å². The van der Waals surface area contributed by atoms with Crippen LogP contribution >= 0.6 is 0 Å². The number of aliphatic hydroxyl groups excluding tert-OH is 1. The molecular formula is C10H15NO2. The zero-order valence-electron chi connectivity index (χ0n) is 7.95. The van der Waals surface area contributed by atoms with Crippen molar-refractivity contribution in [3.05, 3.63) is 29.8 Å². The van der Waals surface area contributed by atoms with E-state index >= 15 is 0 Å². The normalized spacial score (nSPS) is 15.1. The topological polar surface area (TPSA) is 55.5 Å². The lowest BCUT2D eigenvalue weighted by Crippen LogP contribution is -2.36. The SMILES string of the molecule is COc1ccc([C@@](C)(N)CO)cc1. The molecule has 0 fully saturated rings. The maximum atomic E-state index is 9.02. The van der Waals surface area contributed by atoms with Crippen LogP contribution in [0.2, 0.25) is 0 Å². The Bertz CT molecular complexity index is 267. The first-order chi connectivity index (χ1) is 6.10. The summed E-state index contributed by atoms with van der Waals surface area (Å²) in [6, 6.07) is 7.37. The van der Waals surface area contributed by atoms with Crippen LogP contribution in [-0.4, -0.2) is 18.8 Å². The van der Waals surface area contributed by atoms with E-state index in [-0.39, 0.29) is 6.61 Å². The second kappa shape index (κ2) is 3.77. The molecule has 0 spiro atoms. The monoisotopic (exact) mass is 181 g/mol. The minimum atomic E-state index is -0.674. The summed E-state index contributed by atoms with van der Waals surface area (Å²) in [5, 5.41) is 9.02. The maximum absolute atomic E-state index is 9.02. The number of aliphatic hydroxyl groups is 1. The third-order valence-corrected chi connectivity index (χ3v) is 2.08. The molecule has 0 aliphatic heterocycles. The van der Waals surface area contributed by atoms with Gasteiger partial charge in [0.15, 0.2) is 0 Å². The Morgan fingerprint density at radius 3 is 2.31 bits per heavy atom. The Kier molecular flexibility index (Phi) is 2.90. The van der Waals surface area contributed by atoms with Crippen molar-refractivity contribution in [1.82, 2.24) is 0 Å². The molecule has 0 saturated heterocycles. The minimum absolute atomic E-state index is 0.0701. The largest absolute Gasteiger partial charge is 0.497 e. The molecule has 0 saturated carbocycles. The van der Waals surface area contributed by atoms with E-state index in [1.807, 2.05) is 24.3 Å². The van der Waals surface area contributed by atoms with Crippen LogP contribution in [0.15, 0.2) is 24.3 Å². The second-order valence-electron chi connectivity index (χ2n) is 3.30. The summed E-state index contributed by atoms with van der Waals surface area (Å²) >= 11 is 0. The van der Waals surface area contributed by atoms with E-state index < -0.39 is 5.54 Å². The molecule has 3 heteroatoms. The molecule has 0 radical (unpaired) electrons. The molecule has 1 atom stereocenters. The zero-order chi connectivity index (χ0) is 9.90. The summed E-state index contributed by atoms with van der Waals surface area (Å²) in [7, 11) is 1.61. The predicted molar refractivity (Wildman–Crippen MR) is 51.6 cm³/mol. The molecule has 0 aliphatic carbocycles. The van der Waals surface area contributed by atoms with E-state index in [4.69, 9.17) is 15.6 Å². The van der Waals surface area contributed by atoms with E-state index in [1.54, 1.807) is 14.0 Å². The van der Waals surface area contributed by atoms with Gasteiger partial charge in [-0.05, 0) is 24.6 Å². The summed E-state index contributed by atoms with van der Waals surface area (Å²) in [6.45, 7) is 1.72. The van der Waals surface area contributed by atoms with Gasteiger partial charge in [-0.25, -0.2) is 0 Å². The lowest BCUT2D eigenvalue weighted by molar-refractivity contribution is 0.210. The van der Waals surface area contributed by atoms with Crippen molar-refractivity contribution in [1.29, 1.82) is 0 Å². The number of methoxy groups -OCH3 is 1. The summed E-state index contributed by atoms with van der Waals surface area (Å²) < 4.78 is 5.01. The van der Waals surface area contributed by atoms with Gasteiger partial charge in [0, 0.05) is 0 Å². The van der Waals surface area contributed by atoms with Gasteiger partial charge in [-0.2, -0.15) is 0 Å². The molecule has 0 aliphatic rings. The van der Waals surface area contributed by atoms with Crippen molar-refractivity contribution in [3.8, 4) is 5.75 Å². The Morgan fingerprint density at radius 1 is 1.38 bits per heavy atom. The number of rotatable bonds is 3. The van der Waals surface area contributed by atoms with Crippen LogP contribution in [0.1, 0.15) is 12.5 Å². The minimum Gasteiger partial charge on any atom is -0.497 e. The molecule has 1 rings (SSSR count). The van der Waals surface area contributed by atoms with Gasteiger partial charge in [-0.3, -0.25) is 0 Å². The van der Waals surface area contributed by atoms with E-state index in [0.717, 1.165) is 11.3 Å². The van der Waals surface area contributed by atoms with Gasteiger partial charge in [-0.15, -0.1) is 0 Å². The number of ether oxygens (including phenoxy) is 1. The van der Waals surface area contributed by atoms with Gasteiger partial charge >= 0.3 is 0 Å². The van der Waals surface area contributed by atoms with Crippen LogP contribution in [0.4, 0.5) is 0 Å². The Balaban J connectivity index is 2.92. The van der Waals surface area contributed by atoms with Crippen molar-refractivity contribution in [2.45, 2.75) is 12.5 Å². The smallest absolute Gasteiger partial charge is 0.118 e. The number of benzene rings is 1. The highest BCUT2D eigenvalue weighted by Gasteiger charge is 2.19. The molecule has 0 aromatic heterocycles. The first kappa shape index (κ1) is 10.0. The molecule has 72 valence electrons. The first-order valence-corrected chi connectivity index (χ1v) is 4.14. The van der Waals surface area contributed by atoms with E-state index in [1.165, 1.54) is 0 Å². The molecule has 1 aromatic rings. The average molecular weight is 181 g/mol. The number of hydrogen-bond acceptors (Lipinski definition) is 3. The van der Waals surface area contributed by atoms with Crippen LogP contribution in [0, 0.1) is 0 Å². The standard InChI is InChI=1S/C10H15NO2/c1-10(11,7-12)8-3-5-9(13-2)6-4-8/h3-6,12H,7,11H2,1-2H3/t10-/m0/s1. The zero-order valence-corrected chi connectivity index (χ0v) is 7.95. The highest BCUT2D eigenvalue weighted by molar-refractivity contribution is 5.31. The third-order valence-electron chi connectivity index (χ3n) is 2.08. The number of hydrogen-bond donors (Lipinski definition) is 2. The van der Waals surface area contributed by atoms with Crippen LogP contribution in [0.5, 0.6) is 5.75 Å². The van der Waals surface area contributed by atoms with Crippen molar-refractivity contribution in [2.75, 3.05) is 13.7 Å². The maximum Gasteiger partial charge on any atom is 0.118 e. The van der Waals surface area contributed by atoms with Crippen LogP contribution in [-0.2, 0) is 5.54 Å². The van der Waals surface area contributed by atoms with E-state index in [0.29, 0.717) is 0 Å². The molecule has 3 nitrogen and oxygen atoms in total. The average Bonchev–Trinajstić information content (AvgIpc) is 2.18. The van der Waals surface area contributed by atoms with Crippen molar-refractivity contribution in [2.24, 2.45) is 5.73 Å². The summed E-state index contributed by atoms with van der Waals surface area (Å²) in [6.07, 6.45) is 0. The fourth-order valence-corrected chi connectivity index (χ4v) is 1.06. The fraction of sp³-hybridized carbons (Fsp3) is 0.400. The third kappa shape index (κ3) is 2.20. The van der Waals surface area contributed by atoms with Gasteiger partial charge in [-0.1, -0.05) is 12.1 Å².